The van der Waals surface area contributed by atoms with Crippen molar-refractivity contribution in [3.05, 3.63) is 45.3 Å². The van der Waals surface area contributed by atoms with Crippen LogP contribution in [0.4, 0.5) is 0 Å². The molecule has 0 bridgehead atoms. The second-order valence-corrected chi connectivity index (χ2v) is 5.70. The van der Waals surface area contributed by atoms with Gasteiger partial charge in [0.05, 0.1) is 0 Å². The van der Waals surface area contributed by atoms with Crippen LogP contribution in [0, 0.1) is 0 Å². The summed E-state index contributed by atoms with van der Waals surface area (Å²) in [5.74, 6) is 0.810. The number of carbonyl (C=O) groups is 1. The molecule has 0 atom stereocenters. The molecule has 1 aromatic heterocycles. The van der Waals surface area contributed by atoms with Crippen LogP contribution >= 0.6 is 11.8 Å². The van der Waals surface area contributed by atoms with E-state index in [0.717, 1.165) is 31.4 Å². The van der Waals surface area contributed by atoms with Gasteiger partial charge in [-0.2, -0.15) is 0 Å². The van der Waals surface area contributed by atoms with E-state index in [1.165, 1.54) is 28.6 Å². The van der Waals surface area contributed by atoms with Gasteiger partial charge in [0, 0.05) is 24.6 Å². The summed E-state index contributed by atoms with van der Waals surface area (Å²) in [4.78, 5) is 35.8. The summed E-state index contributed by atoms with van der Waals surface area (Å²) < 4.78 is 1.50. The Morgan fingerprint density at radius 2 is 2.00 bits per heavy atom. The van der Waals surface area contributed by atoms with Crippen LogP contribution in [0.2, 0.25) is 0 Å². The van der Waals surface area contributed by atoms with Crippen LogP contribution in [0.3, 0.4) is 0 Å². The number of H-pyrrole nitrogens is 1. The fourth-order valence-corrected chi connectivity index (χ4v) is 2.43. The van der Waals surface area contributed by atoms with Crippen molar-refractivity contribution in [1.29, 1.82) is 0 Å². The summed E-state index contributed by atoms with van der Waals surface area (Å²) in [7, 11) is 0. The standard InChI is InChI=1S/C14H20N2O3S/c1-11(2)13(18)20-10-6-4-3-5-8-16-9-7-12(17)15-14(16)19/h7,9H,1,3-6,8,10H2,2H3,(H,15,17,19). The number of nitrogens with one attached hydrogen (secondary N) is 1. The average molecular weight is 296 g/mol. The van der Waals surface area contributed by atoms with Gasteiger partial charge in [-0.1, -0.05) is 31.2 Å². The molecular formula is C14H20N2O3S. The largest absolute Gasteiger partial charge is 0.328 e. The van der Waals surface area contributed by atoms with Crippen LogP contribution in [-0.2, 0) is 11.3 Å². The van der Waals surface area contributed by atoms with Crippen molar-refractivity contribution in [2.24, 2.45) is 0 Å². The third-order valence-corrected chi connectivity index (χ3v) is 3.88. The third kappa shape index (κ3) is 6.06. The van der Waals surface area contributed by atoms with Crippen molar-refractivity contribution in [3.63, 3.8) is 0 Å². The van der Waals surface area contributed by atoms with Gasteiger partial charge in [0.25, 0.3) is 5.56 Å². The highest BCUT2D eigenvalue weighted by molar-refractivity contribution is 8.14. The van der Waals surface area contributed by atoms with Gasteiger partial charge < -0.3 is 4.57 Å². The lowest BCUT2D eigenvalue weighted by Crippen LogP contribution is -2.28. The molecule has 0 aliphatic heterocycles. The normalized spacial score (nSPS) is 10.4. The number of thioether (sulfide) groups is 1. The number of aromatic nitrogens is 2. The highest BCUT2D eigenvalue weighted by Crippen LogP contribution is 2.12. The molecule has 0 aromatic carbocycles. The van der Waals surface area contributed by atoms with Gasteiger partial charge in [0.2, 0.25) is 5.12 Å². The summed E-state index contributed by atoms with van der Waals surface area (Å²) in [6, 6.07) is 1.35. The SMILES string of the molecule is C=C(C)C(=O)SCCCCCCn1ccc(=O)[nH]c1=O. The second-order valence-electron chi connectivity index (χ2n) is 4.63. The van der Waals surface area contributed by atoms with Gasteiger partial charge in [-0.3, -0.25) is 14.6 Å². The second kappa shape index (κ2) is 8.58. The van der Waals surface area contributed by atoms with Crippen LogP contribution in [0.1, 0.15) is 32.6 Å². The van der Waals surface area contributed by atoms with E-state index < -0.39 is 0 Å². The molecule has 6 heteroatoms. The molecule has 0 unspecified atom stereocenters. The Morgan fingerprint density at radius 1 is 1.30 bits per heavy atom. The van der Waals surface area contributed by atoms with Gasteiger partial charge in [-0.05, 0) is 25.3 Å². The number of hydrogen-bond donors (Lipinski definition) is 1. The first-order valence-electron chi connectivity index (χ1n) is 6.63. The topological polar surface area (TPSA) is 71.9 Å². The predicted molar refractivity (Wildman–Crippen MR) is 82.1 cm³/mol. The molecule has 1 N–H and O–H groups in total. The number of carbonyl (C=O) groups excluding carboxylic acids is 1. The van der Waals surface area contributed by atoms with Crippen molar-refractivity contribution >= 4 is 16.9 Å². The predicted octanol–water partition coefficient (Wildman–Crippen LogP) is 1.93. The van der Waals surface area contributed by atoms with Crippen molar-refractivity contribution in [2.75, 3.05) is 5.75 Å². The molecule has 0 fully saturated rings. The van der Waals surface area contributed by atoms with E-state index in [2.05, 4.69) is 11.6 Å². The molecule has 0 radical (unpaired) electrons. The number of nitrogens with zero attached hydrogens (tertiary/aromatic N) is 1. The number of aryl methyl sites for hydroxylation is 1. The van der Waals surface area contributed by atoms with E-state index >= 15 is 0 Å². The number of aromatic amines is 1. The molecule has 0 saturated carbocycles. The maximum Gasteiger partial charge on any atom is 0.328 e. The van der Waals surface area contributed by atoms with Crippen LogP contribution in [0.5, 0.6) is 0 Å². The Balaban J connectivity index is 2.13. The molecule has 1 rings (SSSR count). The summed E-state index contributed by atoms with van der Waals surface area (Å²) in [5, 5.41) is 0.0600. The zero-order valence-electron chi connectivity index (χ0n) is 11.7. The lowest BCUT2D eigenvalue weighted by atomic mass is 10.2. The molecule has 0 spiro atoms. The molecule has 0 aliphatic carbocycles. The fraction of sp³-hybridized carbons (Fsp3) is 0.500. The van der Waals surface area contributed by atoms with Gasteiger partial charge in [-0.15, -0.1) is 0 Å². The van der Waals surface area contributed by atoms with E-state index in [1.54, 1.807) is 6.92 Å². The number of hydrogen-bond acceptors (Lipinski definition) is 4. The molecule has 20 heavy (non-hydrogen) atoms. The van der Waals surface area contributed by atoms with Gasteiger partial charge in [0.1, 0.15) is 0 Å². The molecule has 1 heterocycles. The summed E-state index contributed by atoms with van der Waals surface area (Å²) in [5.41, 5.74) is -0.141. The Bertz CT molecular complexity index is 574. The zero-order chi connectivity index (χ0) is 15.0. The highest BCUT2D eigenvalue weighted by Gasteiger charge is 2.02. The minimum atomic E-state index is -0.370. The monoisotopic (exact) mass is 296 g/mol. The molecule has 0 aliphatic rings. The summed E-state index contributed by atoms with van der Waals surface area (Å²) in [6.45, 7) is 5.93. The quantitative estimate of drug-likeness (QED) is 0.588. The molecule has 0 amide bonds. The fourth-order valence-electron chi connectivity index (χ4n) is 1.65. The Labute approximate surface area is 122 Å². The van der Waals surface area contributed by atoms with Crippen molar-refractivity contribution in [2.45, 2.75) is 39.2 Å². The van der Waals surface area contributed by atoms with Crippen LogP contribution in [-0.4, -0.2) is 20.4 Å². The van der Waals surface area contributed by atoms with Crippen molar-refractivity contribution in [3.8, 4) is 0 Å². The molecular weight excluding hydrogens is 276 g/mol. The first kappa shape index (κ1) is 16.5. The van der Waals surface area contributed by atoms with Crippen LogP contribution in [0.15, 0.2) is 34.0 Å². The highest BCUT2D eigenvalue weighted by atomic mass is 32.2. The molecule has 0 saturated heterocycles. The van der Waals surface area contributed by atoms with E-state index in [1.807, 2.05) is 0 Å². The smallest absolute Gasteiger partial charge is 0.301 e. The van der Waals surface area contributed by atoms with Gasteiger partial charge >= 0.3 is 5.69 Å². The number of unbranched alkanes of at least 4 members (excludes halogenated alkanes) is 3. The lowest BCUT2D eigenvalue weighted by Gasteiger charge is -2.04. The van der Waals surface area contributed by atoms with Crippen LogP contribution < -0.4 is 11.2 Å². The first-order valence-corrected chi connectivity index (χ1v) is 7.61. The van der Waals surface area contributed by atoms with E-state index in [9.17, 15) is 14.4 Å². The van der Waals surface area contributed by atoms with Crippen LogP contribution in [0.25, 0.3) is 0 Å². The average Bonchev–Trinajstić information content (AvgIpc) is 2.39. The first-order chi connectivity index (χ1) is 9.50. The Morgan fingerprint density at radius 3 is 2.65 bits per heavy atom. The lowest BCUT2D eigenvalue weighted by molar-refractivity contribution is -0.107. The van der Waals surface area contributed by atoms with Gasteiger partial charge in [-0.25, -0.2) is 4.79 Å². The maximum atomic E-state index is 11.4. The van der Waals surface area contributed by atoms with Crippen molar-refractivity contribution < 1.29 is 4.79 Å². The minimum absolute atomic E-state index is 0.0600. The maximum absolute atomic E-state index is 11.4. The Kier molecular flexibility index (Phi) is 7.08. The molecule has 1 aromatic rings. The minimum Gasteiger partial charge on any atom is -0.301 e. The van der Waals surface area contributed by atoms with E-state index in [4.69, 9.17) is 0 Å². The van der Waals surface area contributed by atoms with E-state index in [0.29, 0.717) is 12.1 Å². The van der Waals surface area contributed by atoms with Crippen molar-refractivity contribution in [1.82, 2.24) is 9.55 Å². The molecule has 5 nitrogen and oxygen atoms in total. The zero-order valence-corrected chi connectivity index (χ0v) is 12.5. The Hall–Kier alpha value is -1.56. The number of rotatable bonds is 8. The summed E-state index contributed by atoms with van der Waals surface area (Å²) in [6.07, 6.45) is 5.39. The summed E-state index contributed by atoms with van der Waals surface area (Å²) >= 11 is 1.31. The van der Waals surface area contributed by atoms with E-state index in [-0.39, 0.29) is 16.4 Å². The van der Waals surface area contributed by atoms with Gasteiger partial charge in [0.15, 0.2) is 0 Å². The molecule has 110 valence electrons. The third-order valence-electron chi connectivity index (χ3n) is 2.77.